The van der Waals surface area contributed by atoms with Crippen molar-refractivity contribution >= 4 is 27.3 Å². The van der Waals surface area contributed by atoms with Crippen molar-refractivity contribution in [2.24, 2.45) is 7.05 Å². The Morgan fingerprint density at radius 3 is 2.22 bits per heavy atom. The van der Waals surface area contributed by atoms with E-state index in [1.54, 1.807) is 49.8 Å². The molecule has 0 unspecified atom stereocenters. The monoisotopic (exact) mass is 504 g/mol. The third kappa shape index (κ3) is 4.70. The SMILES string of the molecule is Cc1ccc(NS(=O)(=O)c2cc(C(=O)Nc3c(C)n(C)n(-c4ccccc4)c3=O)ccc2C)c(C)c1. The highest BCUT2D eigenvalue weighted by Gasteiger charge is 2.22. The Morgan fingerprint density at radius 2 is 1.56 bits per heavy atom. The number of para-hydroxylation sites is 1. The summed E-state index contributed by atoms with van der Waals surface area (Å²) >= 11 is 0. The van der Waals surface area contributed by atoms with E-state index < -0.39 is 15.9 Å². The number of aryl methyl sites for hydroxylation is 3. The van der Waals surface area contributed by atoms with Gasteiger partial charge in [-0.05, 0) is 69.2 Å². The first kappa shape index (κ1) is 25.0. The van der Waals surface area contributed by atoms with Crippen LogP contribution in [0.25, 0.3) is 5.69 Å². The Hall–Kier alpha value is -4.11. The van der Waals surface area contributed by atoms with E-state index in [0.29, 0.717) is 22.6 Å². The van der Waals surface area contributed by atoms with Gasteiger partial charge >= 0.3 is 0 Å². The molecule has 4 rings (SSSR count). The number of benzene rings is 3. The van der Waals surface area contributed by atoms with Gasteiger partial charge in [0, 0.05) is 12.6 Å². The third-order valence-electron chi connectivity index (χ3n) is 6.16. The van der Waals surface area contributed by atoms with E-state index >= 15 is 0 Å². The number of nitrogens with one attached hydrogen (secondary N) is 2. The lowest BCUT2D eigenvalue weighted by molar-refractivity contribution is 0.102. The van der Waals surface area contributed by atoms with Gasteiger partial charge < -0.3 is 5.32 Å². The molecule has 0 atom stereocenters. The van der Waals surface area contributed by atoms with Gasteiger partial charge in [0.2, 0.25) is 0 Å². The second-order valence-electron chi connectivity index (χ2n) is 8.79. The van der Waals surface area contributed by atoms with Gasteiger partial charge in [-0.15, -0.1) is 0 Å². The molecule has 0 fully saturated rings. The smallest absolute Gasteiger partial charge is 0.295 e. The number of sulfonamides is 1. The highest BCUT2D eigenvalue weighted by atomic mass is 32.2. The molecule has 0 bridgehead atoms. The number of carbonyl (C=O) groups is 1. The van der Waals surface area contributed by atoms with Crippen LogP contribution in [-0.2, 0) is 17.1 Å². The van der Waals surface area contributed by atoms with Crippen LogP contribution < -0.4 is 15.6 Å². The van der Waals surface area contributed by atoms with Crippen molar-refractivity contribution in [2.75, 3.05) is 10.0 Å². The maximum atomic E-state index is 13.2. The van der Waals surface area contributed by atoms with Crippen LogP contribution in [0, 0.1) is 27.7 Å². The molecule has 0 spiro atoms. The molecular formula is C27H28N4O4S. The maximum Gasteiger partial charge on any atom is 0.295 e. The molecule has 36 heavy (non-hydrogen) atoms. The average Bonchev–Trinajstić information content (AvgIpc) is 3.04. The van der Waals surface area contributed by atoms with Crippen LogP contribution >= 0.6 is 0 Å². The number of hydrogen-bond donors (Lipinski definition) is 2. The minimum absolute atomic E-state index is 0.0124. The first-order valence-electron chi connectivity index (χ1n) is 11.4. The molecule has 0 aliphatic carbocycles. The zero-order valence-corrected chi connectivity index (χ0v) is 21.6. The topological polar surface area (TPSA) is 102 Å². The second-order valence-corrected chi connectivity index (χ2v) is 10.4. The van der Waals surface area contributed by atoms with E-state index in [-0.39, 0.29) is 21.7 Å². The minimum atomic E-state index is -3.96. The summed E-state index contributed by atoms with van der Waals surface area (Å²) in [5, 5.41) is 2.68. The van der Waals surface area contributed by atoms with Crippen molar-refractivity contribution in [3.63, 3.8) is 0 Å². The van der Waals surface area contributed by atoms with E-state index in [0.717, 1.165) is 11.1 Å². The van der Waals surface area contributed by atoms with Gasteiger partial charge in [0.05, 0.1) is 22.0 Å². The van der Waals surface area contributed by atoms with Crippen LogP contribution in [0.1, 0.15) is 32.7 Å². The molecule has 0 saturated heterocycles. The van der Waals surface area contributed by atoms with Gasteiger partial charge in [0.25, 0.3) is 21.5 Å². The molecule has 0 aliphatic heterocycles. The van der Waals surface area contributed by atoms with Crippen molar-refractivity contribution in [3.05, 3.63) is 105 Å². The van der Waals surface area contributed by atoms with Crippen molar-refractivity contribution < 1.29 is 13.2 Å². The molecule has 9 heteroatoms. The quantitative estimate of drug-likeness (QED) is 0.405. The second kappa shape index (κ2) is 9.50. The van der Waals surface area contributed by atoms with Crippen molar-refractivity contribution in [3.8, 4) is 5.69 Å². The normalized spacial score (nSPS) is 11.4. The molecule has 1 aromatic heterocycles. The summed E-state index contributed by atoms with van der Waals surface area (Å²) in [6.07, 6.45) is 0. The largest absolute Gasteiger partial charge is 0.316 e. The van der Waals surface area contributed by atoms with Crippen LogP contribution in [0.3, 0.4) is 0 Å². The highest BCUT2D eigenvalue weighted by Crippen LogP contribution is 2.24. The predicted octanol–water partition coefficient (Wildman–Crippen LogP) is 4.46. The molecular weight excluding hydrogens is 476 g/mol. The Kier molecular flexibility index (Phi) is 6.60. The van der Waals surface area contributed by atoms with E-state index in [9.17, 15) is 18.0 Å². The summed E-state index contributed by atoms with van der Waals surface area (Å²) < 4.78 is 32.2. The summed E-state index contributed by atoms with van der Waals surface area (Å²) in [4.78, 5) is 26.3. The van der Waals surface area contributed by atoms with Crippen LogP contribution in [0.5, 0.6) is 0 Å². The Balaban J connectivity index is 1.66. The fraction of sp³-hybridized carbons (Fsp3) is 0.185. The number of amides is 1. The van der Waals surface area contributed by atoms with E-state index in [4.69, 9.17) is 0 Å². The molecule has 186 valence electrons. The molecule has 4 aromatic rings. The molecule has 0 radical (unpaired) electrons. The number of carbonyl (C=O) groups excluding carboxylic acids is 1. The summed E-state index contributed by atoms with van der Waals surface area (Å²) in [5.41, 5.74) is 3.87. The third-order valence-corrected chi connectivity index (χ3v) is 7.67. The van der Waals surface area contributed by atoms with Gasteiger partial charge in [0.15, 0.2) is 0 Å². The molecule has 2 N–H and O–H groups in total. The summed E-state index contributed by atoms with van der Waals surface area (Å²) in [6.45, 7) is 7.15. The molecule has 8 nitrogen and oxygen atoms in total. The molecule has 0 saturated carbocycles. The zero-order chi connectivity index (χ0) is 26.2. The fourth-order valence-electron chi connectivity index (χ4n) is 4.06. The summed E-state index contributed by atoms with van der Waals surface area (Å²) in [6, 6.07) is 19.0. The average molecular weight is 505 g/mol. The first-order valence-corrected chi connectivity index (χ1v) is 12.8. The lowest BCUT2D eigenvalue weighted by Crippen LogP contribution is -2.23. The van der Waals surface area contributed by atoms with Gasteiger partial charge in [-0.3, -0.25) is 19.0 Å². The molecule has 1 amide bonds. The summed E-state index contributed by atoms with van der Waals surface area (Å²) in [7, 11) is -2.23. The summed E-state index contributed by atoms with van der Waals surface area (Å²) in [5.74, 6) is -0.580. The van der Waals surface area contributed by atoms with Crippen molar-refractivity contribution in [1.82, 2.24) is 9.36 Å². The number of hydrogen-bond acceptors (Lipinski definition) is 4. The molecule has 0 aliphatic rings. The van der Waals surface area contributed by atoms with Crippen molar-refractivity contribution in [2.45, 2.75) is 32.6 Å². The van der Waals surface area contributed by atoms with E-state index in [1.807, 2.05) is 44.2 Å². The standard InChI is InChI=1S/C27H28N4O4S/c1-17-11-14-23(19(3)15-17)29-36(34,35)24-16-21(13-12-18(24)2)26(32)28-25-20(4)30(5)31(27(25)33)22-9-7-6-8-10-22/h6-16,29H,1-5H3,(H,28,32). The van der Waals surface area contributed by atoms with Crippen LogP contribution in [0.2, 0.25) is 0 Å². The van der Waals surface area contributed by atoms with Crippen LogP contribution in [-0.4, -0.2) is 23.7 Å². The van der Waals surface area contributed by atoms with Crippen LogP contribution in [0.4, 0.5) is 11.4 Å². The van der Waals surface area contributed by atoms with Gasteiger partial charge in [-0.25, -0.2) is 13.1 Å². The first-order chi connectivity index (χ1) is 17.0. The number of aromatic nitrogens is 2. The molecule has 3 aromatic carbocycles. The number of nitrogens with zero attached hydrogens (tertiary/aromatic N) is 2. The number of rotatable bonds is 6. The van der Waals surface area contributed by atoms with Gasteiger partial charge in [-0.1, -0.05) is 42.0 Å². The maximum absolute atomic E-state index is 13.2. The Bertz CT molecular complexity index is 1630. The van der Waals surface area contributed by atoms with E-state index in [1.165, 1.54) is 16.8 Å². The minimum Gasteiger partial charge on any atom is -0.316 e. The van der Waals surface area contributed by atoms with Gasteiger partial charge in [0.1, 0.15) is 5.69 Å². The zero-order valence-electron chi connectivity index (χ0n) is 20.8. The van der Waals surface area contributed by atoms with Gasteiger partial charge in [-0.2, -0.15) is 0 Å². The van der Waals surface area contributed by atoms with Crippen LogP contribution in [0.15, 0.2) is 76.4 Å². The molecule has 1 heterocycles. The lowest BCUT2D eigenvalue weighted by atomic mass is 10.1. The number of anilines is 2. The lowest BCUT2D eigenvalue weighted by Gasteiger charge is -2.14. The Labute approximate surface area is 210 Å². The Morgan fingerprint density at radius 1 is 0.861 bits per heavy atom. The highest BCUT2D eigenvalue weighted by molar-refractivity contribution is 7.92. The predicted molar refractivity (Wildman–Crippen MR) is 142 cm³/mol. The fourth-order valence-corrected chi connectivity index (χ4v) is 5.46. The van der Waals surface area contributed by atoms with Crippen molar-refractivity contribution in [1.29, 1.82) is 0 Å². The van der Waals surface area contributed by atoms with E-state index in [2.05, 4.69) is 10.0 Å².